The summed E-state index contributed by atoms with van der Waals surface area (Å²) in [6.45, 7) is 10.4. The number of piperazine rings is 1. The van der Waals surface area contributed by atoms with Crippen LogP contribution in [0.15, 0.2) is 0 Å². The van der Waals surface area contributed by atoms with Gasteiger partial charge in [-0.3, -0.25) is 9.69 Å². The second kappa shape index (κ2) is 7.71. The summed E-state index contributed by atoms with van der Waals surface area (Å²) in [5, 5.41) is 3.31. The molecule has 5 nitrogen and oxygen atoms in total. The molecule has 0 aromatic carbocycles. The van der Waals surface area contributed by atoms with Crippen molar-refractivity contribution in [1.82, 2.24) is 20.0 Å². The van der Waals surface area contributed by atoms with E-state index in [4.69, 9.17) is 0 Å². The first-order chi connectivity index (χ1) is 8.54. The number of carbonyl (C=O) groups excluding carboxylic acids is 1. The second-order valence-corrected chi connectivity index (χ2v) is 5.32. The van der Waals surface area contributed by atoms with E-state index in [-0.39, 0.29) is 11.9 Å². The fourth-order valence-corrected chi connectivity index (χ4v) is 2.51. The van der Waals surface area contributed by atoms with Crippen molar-refractivity contribution in [3.8, 4) is 0 Å². The molecule has 1 amide bonds. The van der Waals surface area contributed by atoms with Crippen LogP contribution < -0.4 is 5.32 Å². The average Bonchev–Trinajstić information content (AvgIpc) is 2.30. The van der Waals surface area contributed by atoms with Crippen LogP contribution in [0.4, 0.5) is 0 Å². The highest BCUT2D eigenvalue weighted by Gasteiger charge is 2.21. The van der Waals surface area contributed by atoms with E-state index in [1.54, 1.807) is 0 Å². The summed E-state index contributed by atoms with van der Waals surface area (Å²) in [5.41, 5.74) is 0. The van der Waals surface area contributed by atoms with Gasteiger partial charge in [0.25, 0.3) is 0 Å². The Hall–Kier alpha value is -0.650. The van der Waals surface area contributed by atoms with Crippen LogP contribution in [-0.4, -0.2) is 86.6 Å². The summed E-state index contributed by atoms with van der Waals surface area (Å²) < 4.78 is 0. The summed E-state index contributed by atoms with van der Waals surface area (Å²) in [6, 6.07) is 0.278. The van der Waals surface area contributed by atoms with Crippen LogP contribution in [0.2, 0.25) is 0 Å². The molecule has 5 heteroatoms. The van der Waals surface area contributed by atoms with E-state index in [0.717, 1.165) is 39.3 Å². The number of nitrogens with zero attached hydrogens (tertiary/aromatic N) is 3. The lowest BCUT2D eigenvalue weighted by molar-refractivity contribution is -0.134. The SMILES string of the molecule is CCN(C(=O)CN1CCNCC1)C(C)CN(C)C. The summed E-state index contributed by atoms with van der Waals surface area (Å²) in [5.74, 6) is 0.258. The summed E-state index contributed by atoms with van der Waals surface area (Å²) >= 11 is 0. The van der Waals surface area contributed by atoms with Crippen LogP contribution in [0.25, 0.3) is 0 Å². The predicted molar refractivity (Wildman–Crippen MR) is 74.7 cm³/mol. The van der Waals surface area contributed by atoms with E-state index < -0.39 is 0 Å². The lowest BCUT2D eigenvalue weighted by Crippen LogP contribution is -2.51. The molecule has 1 N–H and O–H groups in total. The van der Waals surface area contributed by atoms with Crippen LogP contribution >= 0.6 is 0 Å². The molecule has 0 aromatic rings. The second-order valence-electron chi connectivity index (χ2n) is 5.32. The molecule has 1 aliphatic rings. The van der Waals surface area contributed by atoms with Gasteiger partial charge in [-0.1, -0.05) is 0 Å². The molecule has 0 aliphatic carbocycles. The molecule has 0 spiro atoms. The number of rotatable bonds is 6. The summed E-state index contributed by atoms with van der Waals surface area (Å²) in [7, 11) is 4.09. The summed E-state index contributed by atoms with van der Waals surface area (Å²) in [4.78, 5) is 18.7. The average molecular weight is 256 g/mol. The topological polar surface area (TPSA) is 38.8 Å². The molecule has 1 fully saturated rings. The van der Waals surface area contributed by atoms with Crippen molar-refractivity contribution >= 4 is 5.91 Å². The molecular formula is C13H28N4O. The van der Waals surface area contributed by atoms with Crippen molar-refractivity contribution in [1.29, 1.82) is 0 Å². The van der Waals surface area contributed by atoms with Crippen molar-refractivity contribution < 1.29 is 4.79 Å². The van der Waals surface area contributed by atoms with Gasteiger partial charge in [-0.15, -0.1) is 0 Å². The Kier molecular flexibility index (Phi) is 6.60. The minimum Gasteiger partial charge on any atom is -0.338 e. The smallest absolute Gasteiger partial charge is 0.237 e. The molecular weight excluding hydrogens is 228 g/mol. The number of likely N-dealkylation sites (N-methyl/N-ethyl adjacent to an activating group) is 2. The third-order valence-corrected chi connectivity index (χ3v) is 3.39. The Bertz CT molecular complexity index is 251. The lowest BCUT2D eigenvalue weighted by Gasteiger charge is -2.33. The van der Waals surface area contributed by atoms with E-state index in [9.17, 15) is 4.79 Å². The monoisotopic (exact) mass is 256 g/mol. The molecule has 18 heavy (non-hydrogen) atoms. The highest BCUT2D eigenvalue weighted by atomic mass is 16.2. The molecule has 1 unspecified atom stereocenters. The summed E-state index contributed by atoms with van der Waals surface area (Å²) in [6.07, 6.45) is 0. The normalized spacial score (nSPS) is 18.9. The number of hydrogen-bond donors (Lipinski definition) is 1. The van der Waals surface area contributed by atoms with Crippen LogP contribution in [0.1, 0.15) is 13.8 Å². The van der Waals surface area contributed by atoms with Gasteiger partial charge in [0, 0.05) is 45.3 Å². The van der Waals surface area contributed by atoms with E-state index in [1.807, 2.05) is 19.0 Å². The minimum atomic E-state index is 0.258. The maximum Gasteiger partial charge on any atom is 0.237 e. The van der Waals surface area contributed by atoms with Crippen LogP contribution in [0.5, 0.6) is 0 Å². The largest absolute Gasteiger partial charge is 0.338 e. The molecule has 106 valence electrons. The van der Waals surface area contributed by atoms with Crippen LogP contribution in [0, 0.1) is 0 Å². The zero-order chi connectivity index (χ0) is 13.5. The number of amides is 1. The number of hydrogen-bond acceptors (Lipinski definition) is 4. The predicted octanol–water partition coefficient (Wildman–Crippen LogP) is -0.310. The van der Waals surface area contributed by atoms with Crippen molar-refractivity contribution in [2.24, 2.45) is 0 Å². The van der Waals surface area contributed by atoms with Gasteiger partial charge in [-0.25, -0.2) is 0 Å². The molecule has 1 atom stereocenters. The third-order valence-electron chi connectivity index (χ3n) is 3.39. The van der Waals surface area contributed by atoms with Crippen molar-refractivity contribution in [3.05, 3.63) is 0 Å². The molecule has 0 bridgehead atoms. The fourth-order valence-electron chi connectivity index (χ4n) is 2.51. The zero-order valence-corrected chi connectivity index (χ0v) is 12.3. The zero-order valence-electron chi connectivity index (χ0n) is 12.3. The van der Waals surface area contributed by atoms with E-state index in [2.05, 4.69) is 29.0 Å². The molecule has 0 aromatic heterocycles. The third kappa shape index (κ3) is 4.92. The van der Waals surface area contributed by atoms with Gasteiger partial charge in [0.1, 0.15) is 0 Å². The Morgan fingerprint density at radius 1 is 1.33 bits per heavy atom. The Balaban J connectivity index is 2.45. The molecule has 1 heterocycles. The minimum absolute atomic E-state index is 0.258. The van der Waals surface area contributed by atoms with E-state index in [1.165, 1.54) is 0 Å². The highest BCUT2D eigenvalue weighted by Crippen LogP contribution is 2.03. The van der Waals surface area contributed by atoms with Crippen LogP contribution in [0.3, 0.4) is 0 Å². The van der Waals surface area contributed by atoms with Crippen molar-refractivity contribution in [3.63, 3.8) is 0 Å². The van der Waals surface area contributed by atoms with Gasteiger partial charge in [-0.05, 0) is 27.9 Å². The molecule has 0 saturated carbocycles. The first-order valence-corrected chi connectivity index (χ1v) is 6.91. The standard InChI is InChI=1S/C13H28N4O/c1-5-17(12(2)10-15(3)4)13(18)11-16-8-6-14-7-9-16/h12,14H,5-11H2,1-4H3. The Labute approximate surface area is 111 Å². The Morgan fingerprint density at radius 2 is 1.94 bits per heavy atom. The highest BCUT2D eigenvalue weighted by molar-refractivity contribution is 5.78. The van der Waals surface area contributed by atoms with Crippen molar-refractivity contribution in [2.75, 3.05) is 59.9 Å². The molecule has 1 saturated heterocycles. The molecule has 0 radical (unpaired) electrons. The van der Waals surface area contributed by atoms with Crippen LogP contribution in [-0.2, 0) is 4.79 Å². The fraction of sp³-hybridized carbons (Fsp3) is 0.923. The quantitative estimate of drug-likeness (QED) is 0.708. The maximum atomic E-state index is 12.3. The van der Waals surface area contributed by atoms with E-state index >= 15 is 0 Å². The first kappa shape index (κ1) is 15.4. The number of carbonyl (C=O) groups is 1. The molecule has 1 aliphatic heterocycles. The van der Waals surface area contributed by atoms with Gasteiger partial charge in [0.05, 0.1) is 6.54 Å². The van der Waals surface area contributed by atoms with Gasteiger partial charge in [0.2, 0.25) is 5.91 Å². The molecule has 1 rings (SSSR count). The number of nitrogens with one attached hydrogen (secondary N) is 1. The van der Waals surface area contributed by atoms with Gasteiger partial charge in [0.15, 0.2) is 0 Å². The van der Waals surface area contributed by atoms with Gasteiger partial charge < -0.3 is 15.1 Å². The van der Waals surface area contributed by atoms with E-state index in [0.29, 0.717) is 6.54 Å². The first-order valence-electron chi connectivity index (χ1n) is 6.91. The van der Waals surface area contributed by atoms with Gasteiger partial charge in [-0.2, -0.15) is 0 Å². The van der Waals surface area contributed by atoms with Gasteiger partial charge >= 0.3 is 0 Å². The Morgan fingerprint density at radius 3 is 2.44 bits per heavy atom. The van der Waals surface area contributed by atoms with Crippen molar-refractivity contribution in [2.45, 2.75) is 19.9 Å². The maximum absolute atomic E-state index is 12.3. The lowest BCUT2D eigenvalue weighted by atomic mass is 10.2.